The van der Waals surface area contributed by atoms with Crippen LogP contribution in [0, 0.1) is 11.3 Å². The molecule has 22 heavy (non-hydrogen) atoms. The first-order valence-electron chi connectivity index (χ1n) is 7.02. The van der Waals surface area contributed by atoms with Crippen LogP contribution in [0.3, 0.4) is 0 Å². The van der Waals surface area contributed by atoms with Gasteiger partial charge in [0, 0.05) is 11.8 Å². The Morgan fingerprint density at radius 3 is 2.18 bits per heavy atom. The first kappa shape index (κ1) is 13.8. The summed E-state index contributed by atoms with van der Waals surface area (Å²) in [5.41, 5.74) is 2.51. The summed E-state index contributed by atoms with van der Waals surface area (Å²) >= 11 is 0. The van der Waals surface area contributed by atoms with Crippen molar-refractivity contribution in [2.75, 3.05) is 0 Å². The number of nitriles is 1. The molecule has 0 unspecified atom stereocenters. The van der Waals surface area contributed by atoms with Gasteiger partial charge in [-0.25, -0.2) is 0 Å². The molecule has 2 aromatic carbocycles. The smallest absolute Gasteiger partial charge is 0.269 e. The van der Waals surface area contributed by atoms with Crippen molar-refractivity contribution >= 4 is 0 Å². The molecule has 3 aromatic rings. The van der Waals surface area contributed by atoms with Crippen LogP contribution < -0.4 is 5.56 Å². The number of pyridine rings is 1. The Kier molecular flexibility index (Phi) is 3.84. The Morgan fingerprint density at radius 2 is 1.55 bits per heavy atom. The number of hydrogen-bond acceptors (Lipinski definition) is 2. The van der Waals surface area contributed by atoms with Crippen LogP contribution in [0.4, 0.5) is 0 Å². The van der Waals surface area contributed by atoms with Crippen molar-refractivity contribution < 1.29 is 0 Å². The van der Waals surface area contributed by atoms with Crippen LogP contribution in [0.1, 0.15) is 11.1 Å². The number of aromatic nitrogens is 1. The average Bonchev–Trinajstić information content (AvgIpc) is 2.58. The minimum Gasteiger partial charge on any atom is -0.310 e. The van der Waals surface area contributed by atoms with Gasteiger partial charge in [-0.1, -0.05) is 60.7 Å². The summed E-state index contributed by atoms with van der Waals surface area (Å²) in [7, 11) is 0. The maximum atomic E-state index is 12.5. The van der Waals surface area contributed by atoms with Gasteiger partial charge in [-0.05, 0) is 17.2 Å². The van der Waals surface area contributed by atoms with Gasteiger partial charge in [0.25, 0.3) is 5.56 Å². The van der Waals surface area contributed by atoms with Crippen molar-refractivity contribution in [1.29, 1.82) is 5.26 Å². The molecule has 106 valence electrons. The Bertz CT molecular complexity index is 875. The van der Waals surface area contributed by atoms with Gasteiger partial charge in [0.1, 0.15) is 11.6 Å². The quantitative estimate of drug-likeness (QED) is 0.740. The Labute approximate surface area is 128 Å². The fraction of sp³-hybridized carbons (Fsp3) is 0.0526. The van der Waals surface area contributed by atoms with Crippen molar-refractivity contribution in [1.82, 2.24) is 4.57 Å². The van der Waals surface area contributed by atoms with Gasteiger partial charge in [-0.3, -0.25) is 4.79 Å². The zero-order valence-electron chi connectivity index (χ0n) is 11.9. The molecule has 0 radical (unpaired) electrons. The lowest BCUT2D eigenvalue weighted by molar-refractivity contribution is 0.757. The topological polar surface area (TPSA) is 45.8 Å². The van der Waals surface area contributed by atoms with Gasteiger partial charge in [0.2, 0.25) is 0 Å². The molecule has 0 fully saturated rings. The highest BCUT2D eigenvalue weighted by Crippen LogP contribution is 2.20. The van der Waals surface area contributed by atoms with E-state index in [1.165, 1.54) is 0 Å². The van der Waals surface area contributed by atoms with Crippen LogP contribution in [0.2, 0.25) is 0 Å². The fourth-order valence-electron chi connectivity index (χ4n) is 2.45. The van der Waals surface area contributed by atoms with E-state index >= 15 is 0 Å². The summed E-state index contributed by atoms with van der Waals surface area (Å²) < 4.78 is 1.57. The van der Waals surface area contributed by atoms with Crippen molar-refractivity contribution in [2.45, 2.75) is 6.54 Å². The molecule has 3 heteroatoms. The number of nitrogens with zero attached hydrogens (tertiary/aromatic N) is 2. The van der Waals surface area contributed by atoms with Crippen LogP contribution in [-0.4, -0.2) is 4.57 Å². The van der Waals surface area contributed by atoms with Crippen LogP contribution in [0.5, 0.6) is 0 Å². The second-order valence-electron chi connectivity index (χ2n) is 5.00. The second kappa shape index (κ2) is 6.11. The van der Waals surface area contributed by atoms with E-state index in [1.54, 1.807) is 10.8 Å². The summed E-state index contributed by atoms with van der Waals surface area (Å²) in [5.74, 6) is 0. The van der Waals surface area contributed by atoms with Crippen LogP contribution in [-0.2, 0) is 6.54 Å². The molecule has 1 heterocycles. The molecule has 3 rings (SSSR count). The van der Waals surface area contributed by atoms with E-state index in [2.05, 4.69) is 6.07 Å². The van der Waals surface area contributed by atoms with Crippen molar-refractivity contribution in [3.63, 3.8) is 0 Å². The molecule has 0 aliphatic heterocycles. The Morgan fingerprint density at radius 1 is 0.909 bits per heavy atom. The molecule has 3 nitrogen and oxygen atoms in total. The van der Waals surface area contributed by atoms with Crippen LogP contribution in [0.25, 0.3) is 11.1 Å². The molecular weight excluding hydrogens is 272 g/mol. The van der Waals surface area contributed by atoms with Gasteiger partial charge < -0.3 is 4.57 Å². The van der Waals surface area contributed by atoms with E-state index in [0.29, 0.717) is 12.1 Å². The summed E-state index contributed by atoms with van der Waals surface area (Å²) in [6.45, 7) is 0.462. The lowest BCUT2D eigenvalue weighted by atomic mass is 10.0. The van der Waals surface area contributed by atoms with E-state index in [0.717, 1.165) is 11.1 Å². The highest BCUT2D eigenvalue weighted by molar-refractivity contribution is 5.69. The molecule has 0 amide bonds. The monoisotopic (exact) mass is 286 g/mol. The number of benzene rings is 2. The van der Waals surface area contributed by atoms with Gasteiger partial charge in [0.05, 0.1) is 6.54 Å². The summed E-state index contributed by atoms with van der Waals surface area (Å²) in [5, 5.41) is 9.39. The maximum absolute atomic E-state index is 12.5. The molecule has 0 saturated carbocycles. The maximum Gasteiger partial charge on any atom is 0.269 e. The minimum atomic E-state index is -0.257. The molecule has 0 N–H and O–H groups in total. The standard InChI is InChI=1S/C19H14N2O/c20-13-18-17(16-9-5-2-6-10-16)11-12-21(19(18)22)14-15-7-3-1-4-8-15/h1-12H,14H2. The molecule has 0 bridgehead atoms. The van der Waals surface area contributed by atoms with Gasteiger partial charge >= 0.3 is 0 Å². The number of hydrogen-bond donors (Lipinski definition) is 0. The molecule has 0 aliphatic carbocycles. The van der Waals surface area contributed by atoms with E-state index in [1.807, 2.05) is 66.7 Å². The summed E-state index contributed by atoms with van der Waals surface area (Å²) in [6, 6.07) is 23.1. The van der Waals surface area contributed by atoms with E-state index in [4.69, 9.17) is 0 Å². The third-order valence-corrected chi connectivity index (χ3v) is 3.56. The predicted octanol–water partition coefficient (Wildman–Crippen LogP) is 3.44. The number of rotatable bonds is 3. The van der Waals surface area contributed by atoms with Crippen molar-refractivity contribution in [2.24, 2.45) is 0 Å². The predicted molar refractivity (Wildman–Crippen MR) is 86.4 cm³/mol. The van der Waals surface area contributed by atoms with E-state index in [9.17, 15) is 10.1 Å². The lowest BCUT2D eigenvalue weighted by Gasteiger charge is -2.09. The van der Waals surface area contributed by atoms with Crippen LogP contribution >= 0.6 is 0 Å². The minimum absolute atomic E-state index is 0.185. The molecule has 0 atom stereocenters. The zero-order valence-corrected chi connectivity index (χ0v) is 11.9. The highest BCUT2D eigenvalue weighted by Gasteiger charge is 2.11. The average molecular weight is 286 g/mol. The first-order valence-corrected chi connectivity index (χ1v) is 7.02. The van der Waals surface area contributed by atoms with E-state index in [-0.39, 0.29) is 11.1 Å². The zero-order chi connectivity index (χ0) is 15.4. The Balaban J connectivity index is 2.06. The molecule has 1 aromatic heterocycles. The molecule has 0 aliphatic rings. The van der Waals surface area contributed by atoms with Gasteiger partial charge in [-0.15, -0.1) is 0 Å². The van der Waals surface area contributed by atoms with Gasteiger partial charge in [0.15, 0.2) is 0 Å². The normalized spacial score (nSPS) is 10.1. The van der Waals surface area contributed by atoms with Crippen molar-refractivity contribution in [3.8, 4) is 17.2 Å². The molecule has 0 spiro atoms. The third-order valence-electron chi connectivity index (χ3n) is 3.56. The first-order chi connectivity index (χ1) is 10.8. The second-order valence-corrected chi connectivity index (χ2v) is 5.00. The largest absolute Gasteiger partial charge is 0.310 e. The highest BCUT2D eigenvalue weighted by atomic mass is 16.1. The molecule has 0 saturated heterocycles. The van der Waals surface area contributed by atoms with Crippen LogP contribution in [0.15, 0.2) is 77.7 Å². The van der Waals surface area contributed by atoms with E-state index < -0.39 is 0 Å². The Hall–Kier alpha value is -3.12. The summed E-state index contributed by atoms with van der Waals surface area (Å²) in [4.78, 5) is 12.5. The lowest BCUT2D eigenvalue weighted by Crippen LogP contribution is -2.23. The summed E-state index contributed by atoms with van der Waals surface area (Å²) in [6.07, 6.45) is 1.75. The molecular formula is C19H14N2O. The van der Waals surface area contributed by atoms with Gasteiger partial charge in [-0.2, -0.15) is 5.26 Å². The van der Waals surface area contributed by atoms with Crippen molar-refractivity contribution in [3.05, 3.63) is 94.4 Å². The third kappa shape index (κ3) is 2.68. The fourth-order valence-corrected chi connectivity index (χ4v) is 2.45. The SMILES string of the molecule is N#Cc1c(-c2ccccc2)ccn(Cc2ccccc2)c1=O.